The number of aliphatic hydroxyl groups excluding tert-OH is 1. The first-order chi connectivity index (χ1) is 12.0. The number of rotatable bonds is 6. The van der Waals surface area contributed by atoms with E-state index in [1.807, 2.05) is 0 Å². The maximum atomic E-state index is 12.4. The van der Waals surface area contributed by atoms with Gasteiger partial charge in [-0.05, 0) is 42.8 Å². The van der Waals surface area contributed by atoms with Crippen LogP contribution in [0.5, 0.6) is 0 Å². The normalized spacial score (nSPS) is 14.0. The number of carbonyl (C=O) groups is 2. The SMILES string of the molecule is O=C1c2ccccc2C(=O)N1c1ccc(S(=O)(=O)NCCCO)cc1. The molecule has 2 N–H and O–H groups in total. The third-order valence-electron chi connectivity index (χ3n) is 3.83. The summed E-state index contributed by atoms with van der Waals surface area (Å²) in [4.78, 5) is 25.9. The minimum absolute atomic E-state index is 0.0193. The average molecular weight is 360 g/mol. The molecular weight excluding hydrogens is 344 g/mol. The van der Waals surface area contributed by atoms with Crippen LogP contribution >= 0.6 is 0 Å². The van der Waals surface area contributed by atoms with Gasteiger partial charge in [0, 0.05) is 13.2 Å². The molecular formula is C17H16N2O5S. The second-order valence-electron chi connectivity index (χ2n) is 5.46. The zero-order valence-corrected chi connectivity index (χ0v) is 14.0. The Morgan fingerprint density at radius 2 is 1.48 bits per heavy atom. The van der Waals surface area contributed by atoms with Gasteiger partial charge in [-0.1, -0.05) is 12.1 Å². The molecule has 0 aliphatic carbocycles. The Bertz CT molecular complexity index is 887. The number of carbonyl (C=O) groups excluding carboxylic acids is 2. The summed E-state index contributed by atoms with van der Waals surface area (Å²) < 4.78 is 26.6. The average Bonchev–Trinajstić information content (AvgIpc) is 2.87. The van der Waals surface area contributed by atoms with Crippen molar-refractivity contribution in [2.45, 2.75) is 11.3 Å². The van der Waals surface area contributed by atoms with E-state index in [4.69, 9.17) is 5.11 Å². The van der Waals surface area contributed by atoms with E-state index in [1.54, 1.807) is 24.3 Å². The highest BCUT2D eigenvalue weighted by Gasteiger charge is 2.36. The number of benzene rings is 2. The van der Waals surface area contributed by atoms with Crippen molar-refractivity contribution in [3.05, 3.63) is 59.7 Å². The number of fused-ring (bicyclic) bond motifs is 1. The zero-order chi connectivity index (χ0) is 18.0. The largest absolute Gasteiger partial charge is 0.396 e. The molecule has 130 valence electrons. The van der Waals surface area contributed by atoms with Crippen molar-refractivity contribution in [2.75, 3.05) is 18.1 Å². The van der Waals surface area contributed by atoms with Crippen LogP contribution in [-0.4, -0.2) is 38.5 Å². The van der Waals surface area contributed by atoms with Crippen molar-refractivity contribution in [1.29, 1.82) is 0 Å². The van der Waals surface area contributed by atoms with Crippen molar-refractivity contribution in [1.82, 2.24) is 4.72 Å². The molecule has 1 aliphatic heterocycles. The van der Waals surface area contributed by atoms with Crippen LogP contribution in [0.15, 0.2) is 53.4 Å². The van der Waals surface area contributed by atoms with Crippen LogP contribution < -0.4 is 9.62 Å². The fourth-order valence-electron chi connectivity index (χ4n) is 2.57. The molecule has 0 unspecified atom stereocenters. The quantitative estimate of drug-likeness (QED) is 0.594. The van der Waals surface area contributed by atoms with E-state index < -0.39 is 21.8 Å². The molecule has 3 rings (SSSR count). The van der Waals surface area contributed by atoms with Gasteiger partial charge in [0.25, 0.3) is 11.8 Å². The van der Waals surface area contributed by atoms with E-state index >= 15 is 0 Å². The summed E-state index contributed by atoms with van der Waals surface area (Å²) in [5.74, 6) is -0.866. The molecule has 2 aromatic carbocycles. The second kappa shape index (κ2) is 6.75. The highest BCUT2D eigenvalue weighted by Crippen LogP contribution is 2.28. The van der Waals surface area contributed by atoms with Crippen LogP contribution in [0.2, 0.25) is 0 Å². The molecule has 8 heteroatoms. The van der Waals surface area contributed by atoms with E-state index in [1.165, 1.54) is 24.3 Å². The predicted octanol–water partition coefficient (Wildman–Crippen LogP) is 1.15. The Kier molecular flexibility index (Phi) is 4.67. The second-order valence-corrected chi connectivity index (χ2v) is 7.23. The number of aliphatic hydroxyl groups is 1. The summed E-state index contributed by atoms with van der Waals surface area (Å²) in [6.45, 7) is 0.0141. The Hall–Kier alpha value is -2.55. The van der Waals surface area contributed by atoms with Gasteiger partial charge in [0.05, 0.1) is 21.7 Å². The maximum Gasteiger partial charge on any atom is 0.266 e. The van der Waals surface area contributed by atoms with Crippen LogP contribution in [-0.2, 0) is 10.0 Å². The lowest BCUT2D eigenvalue weighted by Crippen LogP contribution is -2.29. The minimum Gasteiger partial charge on any atom is -0.396 e. The molecule has 1 aliphatic rings. The predicted molar refractivity (Wildman–Crippen MR) is 90.9 cm³/mol. The highest BCUT2D eigenvalue weighted by molar-refractivity contribution is 7.89. The van der Waals surface area contributed by atoms with Crippen LogP contribution in [0.4, 0.5) is 5.69 Å². The molecule has 7 nitrogen and oxygen atoms in total. The molecule has 0 fully saturated rings. The number of nitrogens with one attached hydrogen (secondary N) is 1. The number of nitrogens with zero attached hydrogens (tertiary/aromatic N) is 1. The lowest BCUT2D eigenvalue weighted by atomic mass is 10.1. The van der Waals surface area contributed by atoms with Gasteiger partial charge in [0.15, 0.2) is 0 Å². The Morgan fingerprint density at radius 1 is 0.920 bits per heavy atom. The molecule has 1 heterocycles. The monoisotopic (exact) mass is 360 g/mol. The number of hydrogen-bond acceptors (Lipinski definition) is 5. The van der Waals surface area contributed by atoms with Crippen molar-refractivity contribution < 1.29 is 23.1 Å². The van der Waals surface area contributed by atoms with Crippen LogP contribution in [0, 0.1) is 0 Å². The van der Waals surface area contributed by atoms with E-state index in [0.29, 0.717) is 23.2 Å². The van der Waals surface area contributed by atoms with Gasteiger partial charge in [-0.3, -0.25) is 9.59 Å². The molecule has 0 aromatic heterocycles. The first-order valence-electron chi connectivity index (χ1n) is 7.64. The highest BCUT2D eigenvalue weighted by atomic mass is 32.2. The Balaban J connectivity index is 1.84. The number of imide groups is 1. The number of sulfonamides is 1. The van der Waals surface area contributed by atoms with Gasteiger partial charge in [0.2, 0.25) is 10.0 Å². The van der Waals surface area contributed by atoms with Crippen molar-refractivity contribution >= 4 is 27.5 Å². The van der Waals surface area contributed by atoms with E-state index in [0.717, 1.165) is 4.90 Å². The van der Waals surface area contributed by atoms with Crippen molar-refractivity contribution in [2.24, 2.45) is 0 Å². The topological polar surface area (TPSA) is 104 Å². The molecule has 2 aromatic rings. The molecule has 2 amide bonds. The van der Waals surface area contributed by atoms with Gasteiger partial charge in [-0.25, -0.2) is 18.0 Å². The summed E-state index contributed by atoms with van der Waals surface area (Å²) in [6, 6.07) is 12.0. The summed E-state index contributed by atoms with van der Waals surface area (Å²) in [7, 11) is -3.70. The van der Waals surface area contributed by atoms with Gasteiger partial charge < -0.3 is 5.11 Å². The first-order valence-corrected chi connectivity index (χ1v) is 9.12. The molecule has 0 atom stereocenters. The van der Waals surface area contributed by atoms with Gasteiger partial charge in [0.1, 0.15) is 0 Å². The maximum absolute atomic E-state index is 12.4. The molecule has 0 radical (unpaired) electrons. The fourth-order valence-corrected chi connectivity index (χ4v) is 3.64. The third-order valence-corrected chi connectivity index (χ3v) is 5.30. The van der Waals surface area contributed by atoms with Crippen molar-refractivity contribution in [3.8, 4) is 0 Å². The fraction of sp³-hybridized carbons (Fsp3) is 0.176. The summed E-state index contributed by atoms with van der Waals surface area (Å²) in [5.41, 5.74) is 0.963. The summed E-state index contributed by atoms with van der Waals surface area (Å²) in [5, 5.41) is 8.71. The van der Waals surface area contributed by atoms with Gasteiger partial charge in [-0.15, -0.1) is 0 Å². The number of anilines is 1. The minimum atomic E-state index is -3.70. The van der Waals surface area contributed by atoms with Gasteiger partial charge in [-0.2, -0.15) is 0 Å². The van der Waals surface area contributed by atoms with E-state index in [9.17, 15) is 18.0 Å². The molecule has 0 spiro atoms. The van der Waals surface area contributed by atoms with Crippen LogP contribution in [0.3, 0.4) is 0 Å². The number of amides is 2. The van der Waals surface area contributed by atoms with E-state index in [2.05, 4.69) is 4.72 Å². The molecule has 0 saturated heterocycles. The molecule has 0 bridgehead atoms. The molecule has 25 heavy (non-hydrogen) atoms. The standard InChI is InChI=1S/C17H16N2O5S/c20-11-3-10-18-25(23,24)13-8-6-12(7-9-13)19-16(21)14-4-1-2-5-15(14)17(19)22/h1-2,4-9,18,20H,3,10-11H2. The number of hydrogen-bond donors (Lipinski definition) is 2. The third kappa shape index (κ3) is 3.19. The van der Waals surface area contributed by atoms with Gasteiger partial charge >= 0.3 is 0 Å². The van der Waals surface area contributed by atoms with E-state index in [-0.39, 0.29) is 18.0 Å². The lowest BCUT2D eigenvalue weighted by molar-refractivity contribution is 0.0926. The smallest absolute Gasteiger partial charge is 0.266 e. The molecule has 0 saturated carbocycles. The van der Waals surface area contributed by atoms with Crippen molar-refractivity contribution in [3.63, 3.8) is 0 Å². The summed E-state index contributed by atoms with van der Waals surface area (Å²) in [6.07, 6.45) is 0.312. The zero-order valence-electron chi connectivity index (χ0n) is 13.2. The van der Waals surface area contributed by atoms with Crippen LogP contribution in [0.1, 0.15) is 27.1 Å². The first kappa shape index (κ1) is 17.3. The van der Waals surface area contributed by atoms with Crippen LogP contribution in [0.25, 0.3) is 0 Å². The summed E-state index contributed by atoms with van der Waals surface area (Å²) >= 11 is 0. The Labute approximate surface area is 144 Å². The Morgan fingerprint density at radius 3 is 2.00 bits per heavy atom. The lowest BCUT2D eigenvalue weighted by Gasteiger charge is -2.14.